The molecule has 3 nitrogen and oxygen atoms in total. The van der Waals surface area contributed by atoms with E-state index in [4.69, 9.17) is 9.72 Å². The summed E-state index contributed by atoms with van der Waals surface area (Å²) in [4.78, 5) is 7.37. The Kier molecular flexibility index (Phi) is 6.91. The molecular formula is C26H26N2OS. The molecule has 3 aromatic carbocycles. The lowest BCUT2D eigenvalue weighted by Crippen LogP contribution is -2.22. The van der Waals surface area contributed by atoms with Crippen molar-refractivity contribution in [3.63, 3.8) is 0 Å². The second-order valence-electron chi connectivity index (χ2n) is 7.37. The number of hydrogen-bond acceptors (Lipinski definition) is 4. The highest BCUT2D eigenvalue weighted by Crippen LogP contribution is 2.20. The average molecular weight is 415 g/mol. The molecule has 0 radical (unpaired) electrons. The maximum absolute atomic E-state index is 5.25. The highest BCUT2D eigenvalue weighted by Gasteiger charge is 2.11. The monoisotopic (exact) mass is 414 g/mol. The molecule has 0 bridgehead atoms. The van der Waals surface area contributed by atoms with Crippen LogP contribution in [0, 0.1) is 0 Å². The van der Waals surface area contributed by atoms with Crippen molar-refractivity contribution in [1.82, 2.24) is 9.88 Å². The van der Waals surface area contributed by atoms with Gasteiger partial charge in [0.25, 0.3) is 0 Å². The van der Waals surface area contributed by atoms with E-state index in [1.54, 1.807) is 18.4 Å². The zero-order valence-electron chi connectivity index (χ0n) is 17.2. The van der Waals surface area contributed by atoms with Crippen LogP contribution in [-0.4, -0.2) is 17.0 Å². The van der Waals surface area contributed by atoms with Gasteiger partial charge in [-0.1, -0.05) is 72.8 Å². The first-order valence-electron chi connectivity index (χ1n) is 10.1. The quantitative estimate of drug-likeness (QED) is 0.339. The van der Waals surface area contributed by atoms with E-state index in [2.05, 4.69) is 83.1 Å². The zero-order chi connectivity index (χ0) is 20.6. The number of hydrogen-bond donors (Lipinski definition) is 0. The molecule has 0 unspecified atom stereocenters. The largest absolute Gasteiger partial charge is 0.497 e. The van der Waals surface area contributed by atoms with Gasteiger partial charge in [-0.05, 0) is 28.8 Å². The molecule has 4 heteroatoms. The fraction of sp³-hybridized carbons (Fsp3) is 0.192. The predicted octanol–water partition coefficient (Wildman–Crippen LogP) is 5.94. The summed E-state index contributed by atoms with van der Waals surface area (Å²) in [5.74, 6) is 0.885. The Bertz CT molecular complexity index is 988. The van der Waals surface area contributed by atoms with Crippen LogP contribution in [0.4, 0.5) is 0 Å². The van der Waals surface area contributed by atoms with Gasteiger partial charge in [-0.3, -0.25) is 4.90 Å². The molecule has 0 spiro atoms. The lowest BCUT2D eigenvalue weighted by atomic mass is 10.1. The summed E-state index contributed by atoms with van der Waals surface area (Å²) in [6.07, 6.45) is 0.853. The van der Waals surface area contributed by atoms with E-state index < -0.39 is 0 Å². The molecule has 1 aromatic heterocycles. The first kappa shape index (κ1) is 20.3. The van der Waals surface area contributed by atoms with Crippen molar-refractivity contribution in [3.05, 3.63) is 118 Å². The van der Waals surface area contributed by atoms with Crippen LogP contribution in [0.1, 0.15) is 27.4 Å². The number of thiazole rings is 1. The van der Waals surface area contributed by atoms with Crippen molar-refractivity contribution in [3.8, 4) is 5.75 Å². The molecule has 0 atom stereocenters. The molecule has 1 heterocycles. The standard InChI is InChI=1S/C26H26N2OS/c1-29-25-14-12-21(13-15-25)16-26-27-24(20-30-26)19-28(17-22-8-4-2-5-9-22)18-23-10-6-3-7-11-23/h2-15,20H,16-19H2,1H3. The third kappa shape index (κ3) is 5.78. The smallest absolute Gasteiger partial charge is 0.118 e. The second kappa shape index (κ2) is 10.2. The van der Waals surface area contributed by atoms with Crippen LogP contribution in [0.15, 0.2) is 90.3 Å². The Morgan fingerprint density at radius 2 is 1.33 bits per heavy atom. The Balaban J connectivity index is 1.45. The van der Waals surface area contributed by atoms with Crippen molar-refractivity contribution in [2.24, 2.45) is 0 Å². The molecule has 30 heavy (non-hydrogen) atoms. The van der Waals surface area contributed by atoms with Crippen LogP contribution in [-0.2, 0) is 26.1 Å². The summed E-state index contributed by atoms with van der Waals surface area (Å²) < 4.78 is 5.25. The van der Waals surface area contributed by atoms with Crippen molar-refractivity contribution < 1.29 is 4.74 Å². The molecule has 0 saturated carbocycles. The molecule has 0 aliphatic heterocycles. The average Bonchev–Trinajstić information content (AvgIpc) is 3.22. The van der Waals surface area contributed by atoms with Gasteiger partial charge in [0.05, 0.1) is 17.8 Å². The first-order valence-corrected chi connectivity index (χ1v) is 11.0. The third-order valence-electron chi connectivity index (χ3n) is 5.00. The van der Waals surface area contributed by atoms with E-state index in [0.717, 1.165) is 42.5 Å². The van der Waals surface area contributed by atoms with Crippen LogP contribution in [0.5, 0.6) is 5.75 Å². The topological polar surface area (TPSA) is 25.4 Å². The Morgan fingerprint density at radius 3 is 1.90 bits per heavy atom. The Labute approximate surface area is 182 Å². The second-order valence-corrected chi connectivity index (χ2v) is 8.32. The van der Waals surface area contributed by atoms with E-state index >= 15 is 0 Å². The minimum absolute atomic E-state index is 0.836. The number of nitrogens with zero attached hydrogens (tertiary/aromatic N) is 2. The van der Waals surface area contributed by atoms with E-state index in [1.165, 1.54) is 16.7 Å². The van der Waals surface area contributed by atoms with E-state index in [1.807, 2.05) is 12.1 Å². The minimum Gasteiger partial charge on any atom is -0.497 e. The van der Waals surface area contributed by atoms with Gasteiger partial charge in [0.15, 0.2) is 0 Å². The van der Waals surface area contributed by atoms with Crippen molar-refractivity contribution in [2.45, 2.75) is 26.1 Å². The third-order valence-corrected chi connectivity index (χ3v) is 5.89. The predicted molar refractivity (Wildman–Crippen MR) is 124 cm³/mol. The Hall–Kier alpha value is -2.95. The summed E-state index contributed by atoms with van der Waals surface area (Å²) in [6, 6.07) is 29.5. The molecule has 0 aliphatic rings. The van der Waals surface area contributed by atoms with Gasteiger partial charge >= 0.3 is 0 Å². The molecule has 0 fully saturated rings. The fourth-order valence-corrected chi connectivity index (χ4v) is 4.32. The molecule has 4 rings (SSSR count). The number of rotatable bonds is 9. The van der Waals surface area contributed by atoms with Gasteiger partial charge in [0.2, 0.25) is 0 Å². The normalized spacial score (nSPS) is 11.0. The highest BCUT2D eigenvalue weighted by atomic mass is 32.1. The molecule has 152 valence electrons. The Morgan fingerprint density at radius 1 is 0.733 bits per heavy atom. The van der Waals surface area contributed by atoms with E-state index in [9.17, 15) is 0 Å². The number of methoxy groups -OCH3 is 1. The molecule has 4 aromatic rings. The van der Waals surface area contributed by atoms with Crippen molar-refractivity contribution in [2.75, 3.05) is 7.11 Å². The van der Waals surface area contributed by atoms with Gasteiger partial charge in [-0.15, -0.1) is 11.3 Å². The van der Waals surface area contributed by atoms with Crippen LogP contribution < -0.4 is 4.74 Å². The lowest BCUT2D eigenvalue weighted by Gasteiger charge is -2.21. The van der Waals surface area contributed by atoms with E-state index in [0.29, 0.717) is 0 Å². The van der Waals surface area contributed by atoms with Gasteiger partial charge in [0, 0.05) is 31.4 Å². The van der Waals surface area contributed by atoms with Gasteiger partial charge in [-0.2, -0.15) is 0 Å². The van der Waals surface area contributed by atoms with Crippen LogP contribution in [0.3, 0.4) is 0 Å². The van der Waals surface area contributed by atoms with Crippen LogP contribution in [0.25, 0.3) is 0 Å². The summed E-state index contributed by atoms with van der Waals surface area (Å²) >= 11 is 1.74. The van der Waals surface area contributed by atoms with E-state index in [-0.39, 0.29) is 0 Å². The van der Waals surface area contributed by atoms with Crippen LogP contribution >= 0.6 is 11.3 Å². The zero-order valence-corrected chi connectivity index (χ0v) is 18.0. The van der Waals surface area contributed by atoms with Crippen LogP contribution in [0.2, 0.25) is 0 Å². The lowest BCUT2D eigenvalue weighted by molar-refractivity contribution is 0.245. The summed E-state index contributed by atoms with van der Waals surface area (Å²) in [6.45, 7) is 2.64. The number of aromatic nitrogens is 1. The molecule has 0 amide bonds. The summed E-state index contributed by atoms with van der Waals surface area (Å²) in [5, 5.41) is 3.34. The summed E-state index contributed by atoms with van der Waals surface area (Å²) in [7, 11) is 1.69. The highest BCUT2D eigenvalue weighted by molar-refractivity contribution is 7.09. The molecule has 0 aliphatic carbocycles. The van der Waals surface area contributed by atoms with Crippen molar-refractivity contribution in [1.29, 1.82) is 0 Å². The molecule has 0 N–H and O–H groups in total. The SMILES string of the molecule is COc1ccc(Cc2nc(CN(Cc3ccccc3)Cc3ccccc3)cs2)cc1. The summed E-state index contributed by atoms with van der Waals surface area (Å²) in [5.41, 5.74) is 5.03. The minimum atomic E-state index is 0.836. The fourth-order valence-electron chi connectivity index (χ4n) is 3.50. The maximum atomic E-state index is 5.25. The maximum Gasteiger partial charge on any atom is 0.118 e. The van der Waals surface area contributed by atoms with Gasteiger partial charge < -0.3 is 4.74 Å². The number of ether oxygens (including phenoxy) is 1. The number of benzene rings is 3. The van der Waals surface area contributed by atoms with Gasteiger partial charge in [-0.25, -0.2) is 4.98 Å². The van der Waals surface area contributed by atoms with Crippen molar-refractivity contribution >= 4 is 11.3 Å². The first-order chi connectivity index (χ1) is 14.8. The van der Waals surface area contributed by atoms with Gasteiger partial charge in [0.1, 0.15) is 5.75 Å². The molecule has 0 saturated heterocycles. The molecular weight excluding hydrogens is 388 g/mol.